The number of amides is 1. The summed E-state index contributed by atoms with van der Waals surface area (Å²) in [6, 6.07) is 9.32. The minimum absolute atomic E-state index is 0.109. The van der Waals surface area contributed by atoms with E-state index in [-0.39, 0.29) is 18.3 Å². The molecule has 1 aliphatic carbocycles. The average molecular weight is 648 g/mol. The van der Waals surface area contributed by atoms with Gasteiger partial charge >= 0.3 is 6.09 Å². The molecule has 1 aromatic carbocycles. The van der Waals surface area contributed by atoms with Gasteiger partial charge in [0.2, 0.25) is 5.95 Å². The molecule has 0 radical (unpaired) electrons. The highest BCUT2D eigenvalue weighted by Gasteiger charge is 2.34. The van der Waals surface area contributed by atoms with Crippen molar-refractivity contribution >= 4 is 23.1 Å². The third-order valence-corrected chi connectivity index (χ3v) is 9.56. The molecule has 3 aliphatic rings. The third kappa shape index (κ3) is 8.62. The van der Waals surface area contributed by atoms with E-state index in [0.29, 0.717) is 31.7 Å². The first kappa shape index (κ1) is 33.6. The van der Waals surface area contributed by atoms with E-state index in [1.54, 1.807) is 4.90 Å². The number of carbonyl (C=O) groups is 1. The highest BCUT2D eigenvalue weighted by atomic mass is 16.6. The van der Waals surface area contributed by atoms with Crippen LogP contribution in [-0.4, -0.2) is 117 Å². The van der Waals surface area contributed by atoms with Crippen LogP contribution in [-0.2, 0) is 16.0 Å². The standard InChI is InChI=1S/C36H53N7O4/c1-5-14-37-34-38-21-31-32(25-43(33(31)39-34)28-10-12-29(44)13-11-28)27-8-6-26(7-9-27)22-41-17-15-40(16-18-41)19-20-46-30-23-42(24-30)35(45)47-36(2,3)4/h6-9,21,25,28-30,44H,5,10-20,22-24H2,1-4H3,(H,37,38,39). The van der Waals surface area contributed by atoms with Gasteiger partial charge in [-0.15, -0.1) is 0 Å². The maximum atomic E-state index is 12.1. The highest BCUT2D eigenvalue weighted by molar-refractivity contribution is 5.94. The molecule has 3 fully saturated rings. The predicted molar refractivity (Wildman–Crippen MR) is 185 cm³/mol. The van der Waals surface area contributed by atoms with Crippen molar-refractivity contribution in [2.45, 2.75) is 90.2 Å². The molecule has 2 N–H and O–H groups in total. The number of benzene rings is 1. The predicted octanol–water partition coefficient (Wildman–Crippen LogP) is 5.15. The average Bonchev–Trinajstić information content (AvgIpc) is 3.40. The summed E-state index contributed by atoms with van der Waals surface area (Å²) in [6.45, 7) is 16.5. The second-order valence-corrected chi connectivity index (χ2v) is 14.5. The summed E-state index contributed by atoms with van der Waals surface area (Å²) < 4.78 is 13.8. The molecule has 2 aliphatic heterocycles. The van der Waals surface area contributed by atoms with Gasteiger partial charge in [-0.05, 0) is 64.0 Å². The molecule has 3 aromatic rings. The van der Waals surface area contributed by atoms with E-state index in [1.807, 2.05) is 27.0 Å². The van der Waals surface area contributed by atoms with E-state index in [0.717, 1.165) is 94.5 Å². The van der Waals surface area contributed by atoms with Crippen LogP contribution in [0.5, 0.6) is 0 Å². The lowest BCUT2D eigenvalue weighted by molar-refractivity contribution is -0.0678. The van der Waals surface area contributed by atoms with Crippen molar-refractivity contribution in [2.24, 2.45) is 0 Å². The first-order valence-corrected chi connectivity index (χ1v) is 17.6. The topological polar surface area (TPSA) is 108 Å². The van der Waals surface area contributed by atoms with Gasteiger partial charge in [0, 0.05) is 75.2 Å². The summed E-state index contributed by atoms with van der Waals surface area (Å²) in [4.78, 5) is 28.4. The fourth-order valence-corrected chi connectivity index (χ4v) is 6.78. The summed E-state index contributed by atoms with van der Waals surface area (Å²) in [5.41, 5.74) is 4.16. The van der Waals surface area contributed by atoms with Crippen LogP contribution >= 0.6 is 0 Å². The molecule has 0 unspecified atom stereocenters. The molecule has 47 heavy (non-hydrogen) atoms. The number of aliphatic hydroxyl groups is 1. The number of nitrogens with zero attached hydrogens (tertiary/aromatic N) is 6. The number of carbonyl (C=O) groups excluding carboxylic acids is 1. The van der Waals surface area contributed by atoms with Crippen LogP contribution in [0.25, 0.3) is 22.2 Å². The number of hydrogen-bond acceptors (Lipinski definition) is 9. The van der Waals surface area contributed by atoms with E-state index < -0.39 is 5.60 Å². The fraction of sp³-hybridized carbons (Fsp3) is 0.639. The molecule has 0 atom stereocenters. The Bertz CT molecular complexity index is 1460. The molecule has 6 rings (SSSR count). The second kappa shape index (κ2) is 14.9. The molecule has 2 saturated heterocycles. The Morgan fingerprint density at radius 2 is 1.72 bits per heavy atom. The van der Waals surface area contributed by atoms with Crippen molar-refractivity contribution in [1.29, 1.82) is 0 Å². The Morgan fingerprint density at radius 3 is 2.40 bits per heavy atom. The molecule has 2 aromatic heterocycles. The zero-order chi connectivity index (χ0) is 33.0. The van der Waals surface area contributed by atoms with Gasteiger partial charge in [0.05, 0.1) is 31.9 Å². The van der Waals surface area contributed by atoms with E-state index in [4.69, 9.17) is 14.5 Å². The first-order chi connectivity index (χ1) is 22.6. The van der Waals surface area contributed by atoms with Crippen molar-refractivity contribution in [1.82, 2.24) is 29.2 Å². The Morgan fingerprint density at radius 1 is 1.02 bits per heavy atom. The Hall–Kier alpha value is -3.25. The molecule has 1 amide bonds. The minimum Gasteiger partial charge on any atom is -0.444 e. The summed E-state index contributed by atoms with van der Waals surface area (Å²) >= 11 is 0. The van der Waals surface area contributed by atoms with Crippen LogP contribution < -0.4 is 5.32 Å². The molecular weight excluding hydrogens is 594 g/mol. The first-order valence-electron chi connectivity index (χ1n) is 17.6. The normalized spacial score (nSPS) is 21.6. The highest BCUT2D eigenvalue weighted by Crippen LogP contribution is 2.37. The number of aromatic nitrogens is 3. The number of fused-ring (bicyclic) bond motifs is 1. The van der Waals surface area contributed by atoms with Crippen LogP contribution in [0.1, 0.15) is 71.4 Å². The lowest BCUT2D eigenvalue weighted by Gasteiger charge is -2.40. The smallest absolute Gasteiger partial charge is 0.410 e. The lowest BCUT2D eigenvalue weighted by Crippen LogP contribution is -2.56. The van der Waals surface area contributed by atoms with Crippen molar-refractivity contribution < 1.29 is 19.4 Å². The summed E-state index contributed by atoms with van der Waals surface area (Å²) in [7, 11) is 0. The molecule has 11 nitrogen and oxygen atoms in total. The van der Waals surface area contributed by atoms with Gasteiger partial charge in [0.25, 0.3) is 0 Å². The van der Waals surface area contributed by atoms with E-state index >= 15 is 0 Å². The van der Waals surface area contributed by atoms with Crippen LogP contribution in [0.3, 0.4) is 0 Å². The van der Waals surface area contributed by atoms with Gasteiger partial charge in [-0.1, -0.05) is 31.2 Å². The second-order valence-electron chi connectivity index (χ2n) is 14.5. The summed E-state index contributed by atoms with van der Waals surface area (Å²) in [6.07, 6.45) is 8.49. The molecule has 1 saturated carbocycles. The van der Waals surface area contributed by atoms with Gasteiger partial charge < -0.3 is 29.4 Å². The van der Waals surface area contributed by atoms with Gasteiger partial charge in [0.1, 0.15) is 11.2 Å². The number of piperazine rings is 1. The third-order valence-electron chi connectivity index (χ3n) is 9.56. The Labute approximate surface area is 279 Å². The van der Waals surface area contributed by atoms with Crippen molar-refractivity contribution in [3.05, 3.63) is 42.2 Å². The monoisotopic (exact) mass is 647 g/mol. The van der Waals surface area contributed by atoms with Gasteiger partial charge in [0.15, 0.2) is 0 Å². The molecule has 0 spiro atoms. The fourth-order valence-electron chi connectivity index (χ4n) is 6.78. The van der Waals surface area contributed by atoms with E-state index in [1.165, 1.54) is 11.1 Å². The molecular formula is C36H53N7O4. The number of hydrogen-bond donors (Lipinski definition) is 2. The van der Waals surface area contributed by atoms with Crippen LogP contribution in [0.15, 0.2) is 36.7 Å². The number of aliphatic hydroxyl groups excluding tert-OH is 1. The quantitative estimate of drug-likeness (QED) is 0.292. The zero-order valence-electron chi connectivity index (χ0n) is 28.7. The SMILES string of the molecule is CCCNc1ncc2c(-c3ccc(CN4CCN(CCOC5CN(C(=O)OC(C)(C)C)C5)CC4)cc3)cn(C3CCC(O)CC3)c2n1. The van der Waals surface area contributed by atoms with Crippen LogP contribution in [0.2, 0.25) is 0 Å². The molecule has 4 heterocycles. The summed E-state index contributed by atoms with van der Waals surface area (Å²) in [5.74, 6) is 0.675. The van der Waals surface area contributed by atoms with Crippen molar-refractivity contribution in [3.8, 4) is 11.1 Å². The number of ether oxygens (including phenoxy) is 2. The summed E-state index contributed by atoms with van der Waals surface area (Å²) in [5, 5.41) is 14.5. The Balaban J connectivity index is 0.992. The van der Waals surface area contributed by atoms with Crippen LogP contribution in [0.4, 0.5) is 10.7 Å². The molecule has 11 heteroatoms. The zero-order valence-corrected chi connectivity index (χ0v) is 28.7. The van der Waals surface area contributed by atoms with Gasteiger partial charge in [-0.25, -0.2) is 9.78 Å². The molecule has 256 valence electrons. The largest absolute Gasteiger partial charge is 0.444 e. The number of likely N-dealkylation sites (tertiary alicyclic amines) is 1. The van der Waals surface area contributed by atoms with E-state index in [2.05, 4.69) is 62.1 Å². The minimum atomic E-state index is -0.467. The van der Waals surface area contributed by atoms with Crippen LogP contribution in [0, 0.1) is 0 Å². The Kier molecular flexibility index (Phi) is 10.7. The number of rotatable bonds is 11. The van der Waals surface area contributed by atoms with Crippen molar-refractivity contribution in [2.75, 3.05) is 64.3 Å². The lowest BCUT2D eigenvalue weighted by atomic mass is 9.93. The van der Waals surface area contributed by atoms with Gasteiger partial charge in [-0.2, -0.15) is 4.98 Å². The van der Waals surface area contributed by atoms with E-state index in [9.17, 15) is 9.90 Å². The molecule has 0 bridgehead atoms. The maximum Gasteiger partial charge on any atom is 0.410 e. The van der Waals surface area contributed by atoms with Crippen molar-refractivity contribution in [3.63, 3.8) is 0 Å². The maximum absolute atomic E-state index is 12.1. The van der Waals surface area contributed by atoms with Gasteiger partial charge in [-0.3, -0.25) is 9.80 Å². The number of nitrogens with one attached hydrogen (secondary N) is 1. The number of anilines is 1.